The number of nitrogen functional groups attached to an aromatic ring is 1. The van der Waals surface area contributed by atoms with Gasteiger partial charge in [-0.2, -0.15) is 0 Å². The minimum Gasteiger partial charge on any atom is -0.399 e. The monoisotopic (exact) mass is 211 g/mol. The van der Waals surface area contributed by atoms with Crippen molar-refractivity contribution in [2.24, 2.45) is 5.92 Å². The molecule has 1 rings (SSSR count). The topological polar surface area (TPSA) is 43.1 Å². The standard InChI is InChI=1S/C11H17NOS/c1-9(2)7-14(13)8-10-3-5-11(12)6-4-10/h3-6,9H,7-8,12H2,1-2H3. The Morgan fingerprint density at radius 2 is 1.86 bits per heavy atom. The lowest BCUT2D eigenvalue weighted by Gasteiger charge is -2.05. The first-order valence-electron chi connectivity index (χ1n) is 4.77. The highest BCUT2D eigenvalue weighted by Gasteiger charge is 2.04. The predicted octanol–water partition coefficient (Wildman–Crippen LogP) is 2.17. The van der Waals surface area contributed by atoms with Crippen LogP contribution >= 0.6 is 0 Å². The molecule has 0 spiro atoms. The Hall–Kier alpha value is -0.830. The summed E-state index contributed by atoms with van der Waals surface area (Å²) in [6.45, 7) is 4.17. The van der Waals surface area contributed by atoms with E-state index >= 15 is 0 Å². The smallest absolute Gasteiger partial charge is 0.0485 e. The zero-order valence-corrected chi connectivity index (χ0v) is 9.51. The number of hydrogen-bond donors (Lipinski definition) is 1. The molecule has 0 fully saturated rings. The summed E-state index contributed by atoms with van der Waals surface area (Å²) in [7, 11) is -0.749. The van der Waals surface area contributed by atoms with Crippen molar-refractivity contribution in [3.63, 3.8) is 0 Å². The van der Waals surface area contributed by atoms with Crippen molar-refractivity contribution in [3.05, 3.63) is 29.8 Å². The molecule has 14 heavy (non-hydrogen) atoms. The zero-order valence-electron chi connectivity index (χ0n) is 8.69. The first kappa shape index (κ1) is 11.2. The molecule has 1 atom stereocenters. The summed E-state index contributed by atoms with van der Waals surface area (Å²) in [6.07, 6.45) is 0. The van der Waals surface area contributed by atoms with E-state index in [1.165, 1.54) is 0 Å². The van der Waals surface area contributed by atoms with E-state index in [0.717, 1.165) is 17.0 Å². The van der Waals surface area contributed by atoms with Gasteiger partial charge in [-0.25, -0.2) is 0 Å². The molecule has 1 aromatic rings. The number of rotatable bonds is 4. The van der Waals surface area contributed by atoms with Gasteiger partial charge >= 0.3 is 0 Å². The molecule has 0 amide bonds. The van der Waals surface area contributed by atoms with Crippen LogP contribution in [0.5, 0.6) is 0 Å². The van der Waals surface area contributed by atoms with Crippen LogP contribution in [-0.4, -0.2) is 9.96 Å². The quantitative estimate of drug-likeness (QED) is 0.776. The van der Waals surface area contributed by atoms with Gasteiger partial charge in [0, 0.05) is 28.0 Å². The second kappa shape index (κ2) is 5.15. The van der Waals surface area contributed by atoms with Crippen LogP contribution in [0.2, 0.25) is 0 Å². The van der Waals surface area contributed by atoms with Crippen molar-refractivity contribution in [2.45, 2.75) is 19.6 Å². The average Bonchev–Trinajstić information content (AvgIpc) is 2.07. The Labute approximate surface area is 88.0 Å². The number of anilines is 1. The second-order valence-electron chi connectivity index (χ2n) is 3.89. The molecule has 0 heterocycles. The van der Waals surface area contributed by atoms with Crippen molar-refractivity contribution in [3.8, 4) is 0 Å². The molecule has 0 saturated heterocycles. The Kier molecular flexibility index (Phi) is 4.14. The first-order valence-corrected chi connectivity index (χ1v) is 6.26. The number of nitrogens with two attached hydrogens (primary N) is 1. The van der Waals surface area contributed by atoms with Crippen molar-refractivity contribution in [1.29, 1.82) is 0 Å². The van der Waals surface area contributed by atoms with E-state index in [0.29, 0.717) is 11.7 Å². The molecule has 0 aliphatic heterocycles. The van der Waals surface area contributed by atoms with Crippen LogP contribution in [0.3, 0.4) is 0 Å². The zero-order chi connectivity index (χ0) is 10.6. The molecule has 3 heteroatoms. The molecule has 1 unspecified atom stereocenters. The molecule has 1 aromatic carbocycles. The van der Waals surface area contributed by atoms with Crippen LogP contribution < -0.4 is 5.73 Å². The first-order chi connectivity index (χ1) is 6.58. The van der Waals surface area contributed by atoms with E-state index in [2.05, 4.69) is 13.8 Å². The Morgan fingerprint density at radius 3 is 2.36 bits per heavy atom. The molecule has 2 N–H and O–H groups in total. The van der Waals surface area contributed by atoms with Gasteiger partial charge in [-0.15, -0.1) is 0 Å². The molecule has 0 saturated carbocycles. The predicted molar refractivity (Wildman–Crippen MR) is 62.4 cm³/mol. The summed E-state index contributed by atoms with van der Waals surface area (Å²) < 4.78 is 11.6. The van der Waals surface area contributed by atoms with Gasteiger partial charge in [-0.05, 0) is 23.6 Å². The van der Waals surface area contributed by atoms with Crippen LogP contribution in [0.15, 0.2) is 24.3 Å². The summed E-state index contributed by atoms with van der Waals surface area (Å²) in [5.74, 6) is 1.90. The van der Waals surface area contributed by atoms with E-state index in [4.69, 9.17) is 5.73 Å². The minimum atomic E-state index is -0.749. The van der Waals surface area contributed by atoms with Gasteiger partial charge in [0.2, 0.25) is 0 Å². The van der Waals surface area contributed by atoms with E-state index < -0.39 is 10.8 Å². The fourth-order valence-corrected chi connectivity index (χ4v) is 2.66. The van der Waals surface area contributed by atoms with Crippen LogP contribution in [0, 0.1) is 5.92 Å². The van der Waals surface area contributed by atoms with E-state index in [1.54, 1.807) is 0 Å². The normalized spacial score (nSPS) is 13.1. The molecule has 2 nitrogen and oxygen atoms in total. The van der Waals surface area contributed by atoms with Crippen LogP contribution in [-0.2, 0) is 16.6 Å². The SMILES string of the molecule is CC(C)CS(=O)Cc1ccc(N)cc1. The van der Waals surface area contributed by atoms with Crippen molar-refractivity contribution >= 4 is 16.5 Å². The number of benzene rings is 1. The second-order valence-corrected chi connectivity index (χ2v) is 5.39. The van der Waals surface area contributed by atoms with Gasteiger partial charge in [0.15, 0.2) is 0 Å². The summed E-state index contributed by atoms with van der Waals surface area (Å²) in [6, 6.07) is 7.57. The van der Waals surface area contributed by atoms with Gasteiger partial charge in [-0.3, -0.25) is 4.21 Å². The van der Waals surface area contributed by atoms with Gasteiger partial charge in [-0.1, -0.05) is 26.0 Å². The maximum Gasteiger partial charge on any atom is 0.0485 e. The van der Waals surface area contributed by atoms with E-state index in [-0.39, 0.29) is 0 Å². The molecule has 0 aliphatic carbocycles. The minimum absolute atomic E-state index is 0.490. The Morgan fingerprint density at radius 1 is 1.29 bits per heavy atom. The van der Waals surface area contributed by atoms with Gasteiger partial charge in [0.1, 0.15) is 0 Å². The Bertz CT molecular complexity index is 306. The lowest BCUT2D eigenvalue weighted by atomic mass is 10.2. The summed E-state index contributed by atoms with van der Waals surface area (Å²) in [5.41, 5.74) is 7.41. The lowest BCUT2D eigenvalue weighted by molar-refractivity contribution is 0.664. The maximum absolute atomic E-state index is 11.6. The third-order valence-corrected chi connectivity index (χ3v) is 3.52. The van der Waals surface area contributed by atoms with Crippen LogP contribution in [0.25, 0.3) is 0 Å². The van der Waals surface area contributed by atoms with Crippen molar-refractivity contribution < 1.29 is 4.21 Å². The van der Waals surface area contributed by atoms with Crippen molar-refractivity contribution in [1.82, 2.24) is 0 Å². The maximum atomic E-state index is 11.6. The van der Waals surface area contributed by atoms with Crippen LogP contribution in [0.4, 0.5) is 5.69 Å². The highest BCUT2D eigenvalue weighted by molar-refractivity contribution is 7.84. The fraction of sp³-hybridized carbons (Fsp3) is 0.455. The van der Waals surface area contributed by atoms with Crippen LogP contribution in [0.1, 0.15) is 19.4 Å². The lowest BCUT2D eigenvalue weighted by Crippen LogP contribution is -2.06. The molecule has 0 aromatic heterocycles. The van der Waals surface area contributed by atoms with Gasteiger partial charge in [0.25, 0.3) is 0 Å². The van der Waals surface area contributed by atoms with Gasteiger partial charge < -0.3 is 5.73 Å². The Balaban J connectivity index is 2.52. The largest absolute Gasteiger partial charge is 0.399 e. The molecular formula is C11H17NOS. The number of hydrogen-bond acceptors (Lipinski definition) is 2. The average molecular weight is 211 g/mol. The summed E-state index contributed by atoms with van der Waals surface area (Å²) in [4.78, 5) is 0. The molecule has 0 radical (unpaired) electrons. The molecule has 78 valence electrons. The third kappa shape index (κ3) is 3.92. The molecular weight excluding hydrogens is 194 g/mol. The molecule has 0 aliphatic rings. The van der Waals surface area contributed by atoms with Crippen molar-refractivity contribution in [2.75, 3.05) is 11.5 Å². The highest BCUT2D eigenvalue weighted by atomic mass is 32.2. The molecule has 0 bridgehead atoms. The summed E-state index contributed by atoms with van der Waals surface area (Å²) >= 11 is 0. The third-order valence-electron chi connectivity index (χ3n) is 1.83. The van der Waals surface area contributed by atoms with Gasteiger partial charge in [0.05, 0.1) is 0 Å². The highest BCUT2D eigenvalue weighted by Crippen LogP contribution is 2.09. The van der Waals surface area contributed by atoms with E-state index in [1.807, 2.05) is 24.3 Å². The fourth-order valence-electron chi connectivity index (χ4n) is 1.23. The van der Waals surface area contributed by atoms with E-state index in [9.17, 15) is 4.21 Å². The summed E-state index contributed by atoms with van der Waals surface area (Å²) in [5, 5.41) is 0.